The third-order valence-corrected chi connectivity index (χ3v) is 3.34. The molecule has 2 aromatic rings. The van der Waals surface area contributed by atoms with E-state index in [0.29, 0.717) is 35.1 Å². The Bertz CT molecular complexity index is 752. The van der Waals surface area contributed by atoms with Crippen LogP contribution in [0.3, 0.4) is 0 Å². The first-order valence-electron chi connectivity index (χ1n) is 6.42. The van der Waals surface area contributed by atoms with Crippen LogP contribution < -0.4 is 10.3 Å². The molecule has 0 aliphatic heterocycles. The predicted molar refractivity (Wildman–Crippen MR) is 82.3 cm³/mol. The molecule has 112 valence electrons. The lowest BCUT2D eigenvalue weighted by Crippen LogP contribution is -2.17. The number of nitrogens with one attached hydrogen (secondary N) is 1. The topological polar surface area (TPSA) is 69.1 Å². The maximum Gasteiger partial charge on any atom is 0.252 e. The van der Waals surface area contributed by atoms with Gasteiger partial charge in [-0.2, -0.15) is 0 Å². The minimum atomic E-state index is -0.269. The number of rotatable bonds is 5. The van der Waals surface area contributed by atoms with E-state index in [1.165, 1.54) is 6.07 Å². The molecule has 0 atom stereocenters. The van der Waals surface area contributed by atoms with E-state index in [9.17, 15) is 4.79 Å². The van der Waals surface area contributed by atoms with Crippen molar-refractivity contribution in [2.45, 2.75) is 13.5 Å². The van der Waals surface area contributed by atoms with Crippen molar-refractivity contribution < 1.29 is 9.47 Å². The molecule has 2 heterocycles. The number of ether oxygens (including phenoxy) is 2. The minimum absolute atomic E-state index is 0.269. The van der Waals surface area contributed by atoms with Crippen LogP contribution in [0.1, 0.15) is 5.69 Å². The zero-order valence-electron chi connectivity index (χ0n) is 12.2. The van der Waals surface area contributed by atoms with Gasteiger partial charge in [-0.25, -0.2) is 4.98 Å². The molecule has 2 rings (SSSR count). The molecule has 0 spiro atoms. The van der Waals surface area contributed by atoms with Crippen LogP contribution in [0.4, 0.5) is 0 Å². The number of hydrogen-bond donors (Lipinski definition) is 1. The van der Waals surface area contributed by atoms with E-state index >= 15 is 0 Å². The van der Waals surface area contributed by atoms with Gasteiger partial charge in [0.25, 0.3) is 5.56 Å². The normalized spacial score (nSPS) is 10.6. The lowest BCUT2D eigenvalue weighted by molar-refractivity contribution is 0.186. The number of pyridine rings is 1. The Kier molecular flexibility index (Phi) is 4.87. The van der Waals surface area contributed by atoms with Gasteiger partial charge in [-0.05, 0) is 31.3 Å². The average molecular weight is 307 g/mol. The smallest absolute Gasteiger partial charge is 0.252 e. The third kappa shape index (κ3) is 3.37. The summed E-state index contributed by atoms with van der Waals surface area (Å²) in [5, 5.41) is 0. The van der Waals surface area contributed by atoms with E-state index in [0.717, 1.165) is 5.69 Å². The highest BCUT2D eigenvalue weighted by molar-refractivity contribution is 7.71. The largest absolute Gasteiger partial charge is 0.494 e. The predicted octanol–water partition coefficient (Wildman–Crippen LogP) is 1.93. The molecule has 0 radical (unpaired) electrons. The van der Waals surface area contributed by atoms with Crippen molar-refractivity contribution in [2.75, 3.05) is 20.8 Å². The lowest BCUT2D eigenvalue weighted by atomic mass is 10.2. The molecule has 0 saturated carbocycles. The Balaban J connectivity index is 2.70. The summed E-state index contributed by atoms with van der Waals surface area (Å²) < 4.78 is 12.5. The molecule has 0 unspecified atom stereocenters. The molecule has 0 aromatic carbocycles. The number of aromatic nitrogens is 3. The van der Waals surface area contributed by atoms with E-state index < -0.39 is 0 Å². The van der Waals surface area contributed by atoms with Crippen LogP contribution >= 0.6 is 12.2 Å². The maximum absolute atomic E-state index is 11.8. The van der Waals surface area contributed by atoms with Gasteiger partial charge in [0.15, 0.2) is 4.77 Å². The first kappa shape index (κ1) is 15.4. The first-order valence-corrected chi connectivity index (χ1v) is 6.82. The van der Waals surface area contributed by atoms with Gasteiger partial charge in [0.2, 0.25) is 0 Å². The summed E-state index contributed by atoms with van der Waals surface area (Å²) in [5.74, 6) is 0.590. The number of aromatic amines is 1. The van der Waals surface area contributed by atoms with Crippen LogP contribution in [0.2, 0.25) is 0 Å². The molecule has 0 bridgehead atoms. The first-order chi connectivity index (χ1) is 10.1. The summed E-state index contributed by atoms with van der Waals surface area (Å²) in [4.78, 5) is 18.8. The van der Waals surface area contributed by atoms with Crippen LogP contribution in [0, 0.1) is 11.7 Å². The SMILES string of the molecule is COCCn1c(-c2nc(C)ccc2OC)cc(=O)[nH]c1=S. The standard InChI is InChI=1S/C14H17N3O3S/c1-9-4-5-11(20-3)13(15-9)10-8-12(18)16-14(21)17(10)6-7-19-2/h4-5,8H,6-7H2,1-3H3,(H,16,18,21). The van der Waals surface area contributed by atoms with Crippen molar-refractivity contribution >= 4 is 12.2 Å². The Morgan fingerprint density at radius 1 is 1.38 bits per heavy atom. The quantitative estimate of drug-likeness (QED) is 0.855. The monoisotopic (exact) mass is 307 g/mol. The van der Waals surface area contributed by atoms with E-state index in [1.54, 1.807) is 18.8 Å². The van der Waals surface area contributed by atoms with Crippen molar-refractivity contribution in [3.8, 4) is 17.1 Å². The number of aryl methyl sites for hydroxylation is 1. The maximum atomic E-state index is 11.8. The third-order valence-electron chi connectivity index (χ3n) is 3.01. The minimum Gasteiger partial charge on any atom is -0.494 e. The van der Waals surface area contributed by atoms with Gasteiger partial charge < -0.3 is 14.0 Å². The van der Waals surface area contributed by atoms with Crippen LogP contribution in [-0.2, 0) is 11.3 Å². The van der Waals surface area contributed by atoms with Crippen molar-refractivity contribution in [3.63, 3.8) is 0 Å². The second-order valence-corrected chi connectivity index (χ2v) is 4.86. The zero-order chi connectivity index (χ0) is 15.4. The molecule has 21 heavy (non-hydrogen) atoms. The molecule has 7 heteroatoms. The number of hydrogen-bond acceptors (Lipinski definition) is 5. The Labute approximate surface area is 127 Å². The number of H-pyrrole nitrogens is 1. The summed E-state index contributed by atoms with van der Waals surface area (Å²) in [7, 11) is 3.18. The summed E-state index contributed by atoms with van der Waals surface area (Å²) in [5.41, 5.74) is 1.76. The van der Waals surface area contributed by atoms with Gasteiger partial charge in [0.05, 0.1) is 19.4 Å². The summed E-state index contributed by atoms with van der Waals surface area (Å²) >= 11 is 5.24. The molecular formula is C14H17N3O3S. The fraction of sp³-hybridized carbons (Fsp3) is 0.357. The molecule has 0 aliphatic carbocycles. The van der Waals surface area contributed by atoms with E-state index in [-0.39, 0.29) is 5.56 Å². The summed E-state index contributed by atoms with van der Waals surface area (Å²) in [6.45, 7) is 2.87. The zero-order valence-corrected chi connectivity index (χ0v) is 13.0. The lowest BCUT2D eigenvalue weighted by Gasteiger charge is -2.15. The van der Waals surface area contributed by atoms with Crippen LogP contribution in [0.25, 0.3) is 11.4 Å². The van der Waals surface area contributed by atoms with E-state index in [4.69, 9.17) is 21.7 Å². The molecule has 1 N–H and O–H groups in total. The van der Waals surface area contributed by atoms with Crippen molar-refractivity contribution in [1.82, 2.24) is 14.5 Å². The van der Waals surface area contributed by atoms with Gasteiger partial charge in [0.1, 0.15) is 11.4 Å². The average Bonchev–Trinajstić information content (AvgIpc) is 2.45. The van der Waals surface area contributed by atoms with E-state index in [1.807, 2.05) is 19.1 Å². The molecule has 6 nitrogen and oxygen atoms in total. The Morgan fingerprint density at radius 3 is 2.81 bits per heavy atom. The van der Waals surface area contributed by atoms with Crippen LogP contribution in [-0.4, -0.2) is 35.4 Å². The van der Waals surface area contributed by atoms with Gasteiger partial charge in [0, 0.05) is 25.4 Å². The van der Waals surface area contributed by atoms with E-state index in [2.05, 4.69) is 9.97 Å². The Morgan fingerprint density at radius 2 is 2.14 bits per heavy atom. The highest BCUT2D eigenvalue weighted by Gasteiger charge is 2.13. The van der Waals surface area contributed by atoms with Crippen LogP contribution in [0.5, 0.6) is 5.75 Å². The fourth-order valence-corrected chi connectivity index (χ4v) is 2.30. The second-order valence-electron chi connectivity index (χ2n) is 4.47. The van der Waals surface area contributed by atoms with Crippen molar-refractivity contribution in [2.24, 2.45) is 0 Å². The van der Waals surface area contributed by atoms with Gasteiger partial charge in [-0.1, -0.05) is 0 Å². The molecule has 0 fully saturated rings. The number of methoxy groups -OCH3 is 2. The molecule has 2 aromatic heterocycles. The van der Waals surface area contributed by atoms with Crippen molar-refractivity contribution in [1.29, 1.82) is 0 Å². The molecule has 0 aliphatic rings. The fourth-order valence-electron chi connectivity index (χ4n) is 2.01. The molecular weight excluding hydrogens is 290 g/mol. The number of nitrogens with zero attached hydrogens (tertiary/aromatic N) is 2. The molecule has 0 saturated heterocycles. The van der Waals surface area contributed by atoms with Crippen LogP contribution in [0.15, 0.2) is 23.0 Å². The highest BCUT2D eigenvalue weighted by Crippen LogP contribution is 2.27. The highest BCUT2D eigenvalue weighted by atomic mass is 32.1. The summed E-state index contributed by atoms with van der Waals surface area (Å²) in [6, 6.07) is 5.14. The van der Waals surface area contributed by atoms with Gasteiger partial charge in [-0.3, -0.25) is 9.78 Å². The van der Waals surface area contributed by atoms with Gasteiger partial charge in [-0.15, -0.1) is 0 Å². The Hall–Kier alpha value is -1.99. The molecule has 0 amide bonds. The van der Waals surface area contributed by atoms with Gasteiger partial charge >= 0.3 is 0 Å². The van der Waals surface area contributed by atoms with Crippen molar-refractivity contribution in [3.05, 3.63) is 39.0 Å². The second kappa shape index (κ2) is 6.64. The summed E-state index contributed by atoms with van der Waals surface area (Å²) in [6.07, 6.45) is 0.